The summed E-state index contributed by atoms with van der Waals surface area (Å²) < 4.78 is 0. The molecule has 0 bridgehead atoms. The van der Waals surface area contributed by atoms with Gasteiger partial charge < -0.3 is 4.90 Å². The maximum Gasteiger partial charge on any atom is 0.303 e. The molecule has 0 aromatic heterocycles. The van der Waals surface area contributed by atoms with Crippen molar-refractivity contribution in [1.82, 2.24) is 9.80 Å². The van der Waals surface area contributed by atoms with Crippen molar-refractivity contribution >= 4 is 0 Å². The van der Waals surface area contributed by atoms with E-state index in [9.17, 15) is 10.1 Å². The van der Waals surface area contributed by atoms with Crippen molar-refractivity contribution in [1.29, 1.82) is 0 Å². The Hall–Kier alpha value is -1.20. The normalized spacial score (nSPS) is 23.6. The van der Waals surface area contributed by atoms with Crippen LogP contribution in [0.5, 0.6) is 0 Å². The second kappa shape index (κ2) is 5.93. The van der Waals surface area contributed by atoms with Gasteiger partial charge in [0, 0.05) is 17.5 Å². The van der Waals surface area contributed by atoms with E-state index in [-0.39, 0.29) is 4.92 Å². The number of nitrogens with zero attached hydrogens (tertiary/aromatic N) is 3. The summed E-state index contributed by atoms with van der Waals surface area (Å²) in [7, 11) is 5.79. The molecule has 1 unspecified atom stereocenters. The van der Waals surface area contributed by atoms with Gasteiger partial charge in [-0.3, -0.25) is 10.1 Å². The number of hydrogen-bond acceptors (Lipinski definition) is 4. The third-order valence-electron chi connectivity index (χ3n) is 2.91. The molecule has 0 amide bonds. The van der Waals surface area contributed by atoms with E-state index in [1.165, 1.54) is 0 Å². The lowest BCUT2D eigenvalue weighted by molar-refractivity contribution is -0.573. The maximum absolute atomic E-state index is 11.3. The summed E-state index contributed by atoms with van der Waals surface area (Å²) in [6, 6.07) is 0. The SMILES string of the molecule is CN(C)CCCN(C)C1([N+](=O)[O-])[CH]C=CC=C1. The van der Waals surface area contributed by atoms with E-state index in [2.05, 4.69) is 4.90 Å². The van der Waals surface area contributed by atoms with Crippen molar-refractivity contribution in [3.05, 3.63) is 40.8 Å². The molecular weight excluding hydrogens is 218 g/mol. The molecule has 1 atom stereocenters. The summed E-state index contributed by atoms with van der Waals surface area (Å²) in [6.45, 7) is 1.62. The molecular formula is C12H20N3O2. The number of likely N-dealkylation sites (N-methyl/N-ethyl adjacent to an activating group) is 1. The first kappa shape index (κ1) is 13.9. The molecule has 1 radical (unpaired) electrons. The molecule has 1 aliphatic rings. The van der Waals surface area contributed by atoms with Crippen molar-refractivity contribution in [3.63, 3.8) is 0 Å². The van der Waals surface area contributed by atoms with Crippen LogP contribution >= 0.6 is 0 Å². The molecule has 0 N–H and O–H groups in total. The predicted molar refractivity (Wildman–Crippen MR) is 68.1 cm³/mol. The van der Waals surface area contributed by atoms with Gasteiger partial charge in [0.05, 0.1) is 6.42 Å². The van der Waals surface area contributed by atoms with E-state index >= 15 is 0 Å². The fraction of sp³-hybridized carbons (Fsp3) is 0.583. The average Bonchev–Trinajstić information content (AvgIpc) is 2.29. The van der Waals surface area contributed by atoms with Crippen LogP contribution in [0.25, 0.3) is 0 Å². The molecule has 0 saturated carbocycles. The Morgan fingerprint density at radius 2 is 1.88 bits per heavy atom. The lowest BCUT2D eigenvalue weighted by atomic mass is 10.00. The largest absolute Gasteiger partial charge is 0.309 e. The van der Waals surface area contributed by atoms with Crippen LogP contribution in [-0.4, -0.2) is 54.6 Å². The Bertz CT molecular complexity index is 326. The topological polar surface area (TPSA) is 49.6 Å². The highest BCUT2D eigenvalue weighted by Crippen LogP contribution is 2.24. The van der Waals surface area contributed by atoms with Crippen LogP contribution in [-0.2, 0) is 0 Å². The van der Waals surface area contributed by atoms with Gasteiger partial charge in [0.15, 0.2) is 0 Å². The highest BCUT2D eigenvalue weighted by Gasteiger charge is 2.44. The van der Waals surface area contributed by atoms with Crippen molar-refractivity contribution in [3.8, 4) is 0 Å². The number of allylic oxidation sites excluding steroid dienone is 2. The van der Waals surface area contributed by atoms with Gasteiger partial charge in [-0.05, 0) is 34.1 Å². The van der Waals surface area contributed by atoms with Gasteiger partial charge in [0.2, 0.25) is 0 Å². The highest BCUT2D eigenvalue weighted by atomic mass is 16.6. The lowest BCUT2D eigenvalue weighted by Crippen LogP contribution is -2.52. The maximum atomic E-state index is 11.3. The summed E-state index contributed by atoms with van der Waals surface area (Å²) in [5, 5.41) is 11.3. The van der Waals surface area contributed by atoms with Gasteiger partial charge in [0.25, 0.3) is 0 Å². The second-order valence-electron chi connectivity index (χ2n) is 4.53. The first-order valence-electron chi connectivity index (χ1n) is 5.70. The minimum atomic E-state index is -1.18. The van der Waals surface area contributed by atoms with Gasteiger partial charge in [-0.2, -0.15) is 0 Å². The molecule has 17 heavy (non-hydrogen) atoms. The van der Waals surface area contributed by atoms with Crippen LogP contribution < -0.4 is 0 Å². The van der Waals surface area contributed by atoms with Gasteiger partial charge in [-0.25, -0.2) is 4.90 Å². The Morgan fingerprint density at radius 1 is 1.18 bits per heavy atom. The third kappa shape index (κ3) is 3.38. The summed E-state index contributed by atoms with van der Waals surface area (Å²) in [4.78, 5) is 14.9. The minimum absolute atomic E-state index is 0.247. The summed E-state index contributed by atoms with van der Waals surface area (Å²) in [6.07, 6.45) is 9.42. The molecule has 1 rings (SSSR count). The fourth-order valence-electron chi connectivity index (χ4n) is 1.83. The fourth-order valence-corrected chi connectivity index (χ4v) is 1.83. The van der Waals surface area contributed by atoms with E-state index in [4.69, 9.17) is 0 Å². The predicted octanol–water partition coefficient (Wildman–Crippen LogP) is 1.17. The molecule has 0 saturated heterocycles. The van der Waals surface area contributed by atoms with Gasteiger partial charge in [-0.15, -0.1) is 0 Å². The zero-order valence-corrected chi connectivity index (χ0v) is 10.7. The Morgan fingerprint density at radius 3 is 2.35 bits per heavy atom. The zero-order chi connectivity index (χ0) is 12.9. The van der Waals surface area contributed by atoms with Crippen LogP contribution in [0.15, 0.2) is 24.3 Å². The van der Waals surface area contributed by atoms with Crippen LogP contribution in [0.1, 0.15) is 6.42 Å². The molecule has 5 heteroatoms. The molecule has 0 aliphatic heterocycles. The van der Waals surface area contributed by atoms with Crippen molar-refractivity contribution in [2.24, 2.45) is 0 Å². The molecule has 0 spiro atoms. The zero-order valence-electron chi connectivity index (χ0n) is 10.7. The van der Waals surface area contributed by atoms with E-state index in [1.807, 2.05) is 14.1 Å². The van der Waals surface area contributed by atoms with Gasteiger partial charge in [0.1, 0.15) is 0 Å². The Labute approximate surface area is 103 Å². The van der Waals surface area contributed by atoms with E-state index < -0.39 is 5.66 Å². The molecule has 1 aliphatic carbocycles. The van der Waals surface area contributed by atoms with Crippen LogP contribution in [0.3, 0.4) is 0 Å². The monoisotopic (exact) mass is 238 g/mol. The van der Waals surface area contributed by atoms with E-state index in [0.717, 1.165) is 13.0 Å². The van der Waals surface area contributed by atoms with E-state index in [1.54, 1.807) is 42.7 Å². The minimum Gasteiger partial charge on any atom is -0.309 e. The lowest BCUT2D eigenvalue weighted by Gasteiger charge is -2.31. The first-order chi connectivity index (χ1) is 7.99. The standard InChI is InChI=1S/C12H20N3O2/c1-13(2)10-7-11-14(3)12(15(16)17)8-5-4-6-9-12/h4-6,8-9H,7,10-11H2,1-3H3. The second-order valence-corrected chi connectivity index (χ2v) is 4.53. The summed E-state index contributed by atoms with van der Waals surface area (Å²) in [5.41, 5.74) is -1.18. The quantitative estimate of drug-likeness (QED) is 0.396. The molecule has 0 aromatic rings. The molecule has 5 nitrogen and oxygen atoms in total. The van der Waals surface area contributed by atoms with Crippen molar-refractivity contribution in [2.75, 3.05) is 34.2 Å². The Balaban J connectivity index is 2.62. The molecule has 0 heterocycles. The molecule has 95 valence electrons. The van der Waals surface area contributed by atoms with Crippen LogP contribution in [0.2, 0.25) is 0 Å². The van der Waals surface area contributed by atoms with Crippen molar-refractivity contribution < 1.29 is 4.92 Å². The van der Waals surface area contributed by atoms with Crippen molar-refractivity contribution in [2.45, 2.75) is 12.1 Å². The third-order valence-corrected chi connectivity index (χ3v) is 2.91. The van der Waals surface area contributed by atoms with Crippen LogP contribution in [0.4, 0.5) is 0 Å². The van der Waals surface area contributed by atoms with Crippen LogP contribution in [0, 0.1) is 16.5 Å². The van der Waals surface area contributed by atoms with E-state index in [0.29, 0.717) is 6.54 Å². The Kier molecular flexibility index (Phi) is 4.84. The summed E-state index contributed by atoms with van der Waals surface area (Å²) >= 11 is 0. The molecule has 0 fully saturated rings. The smallest absolute Gasteiger partial charge is 0.303 e. The number of rotatable bonds is 6. The highest BCUT2D eigenvalue weighted by molar-refractivity contribution is 5.26. The van der Waals surface area contributed by atoms with Gasteiger partial charge in [-0.1, -0.05) is 18.2 Å². The average molecular weight is 238 g/mol. The summed E-state index contributed by atoms with van der Waals surface area (Å²) in [5.74, 6) is 0. The first-order valence-corrected chi connectivity index (χ1v) is 5.70. The number of hydrogen-bond donors (Lipinski definition) is 0. The molecule has 0 aromatic carbocycles. The number of nitro groups is 1. The van der Waals surface area contributed by atoms with Gasteiger partial charge >= 0.3 is 5.66 Å².